The summed E-state index contributed by atoms with van der Waals surface area (Å²) < 4.78 is 26.8. The molecule has 1 aromatic rings. The molecule has 3 rings (SSSR count). The van der Waals surface area contributed by atoms with Crippen LogP contribution in [-0.4, -0.2) is 38.5 Å². The first-order chi connectivity index (χ1) is 12.1. The maximum absolute atomic E-state index is 13.2. The number of hydrogen-bond acceptors (Lipinski definition) is 5. The Kier molecular flexibility index (Phi) is 4.49. The molecule has 2 amide bonds. The summed E-state index contributed by atoms with van der Waals surface area (Å²) in [6.45, 7) is 5.37. The molecule has 1 aromatic carbocycles. The molecule has 1 aliphatic carbocycles. The molecule has 1 saturated carbocycles. The first-order valence-electron chi connectivity index (χ1n) is 8.65. The van der Waals surface area contributed by atoms with Gasteiger partial charge in [-0.3, -0.25) is 9.59 Å². The molecule has 2 aliphatic rings. The summed E-state index contributed by atoms with van der Waals surface area (Å²) in [6.07, 6.45) is 1.29. The van der Waals surface area contributed by atoms with Gasteiger partial charge >= 0.3 is 0 Å². The van der Waals surface area contributed by atoms with Crippen LogP contribution in [0.15, 0.2) is 29.2 Å². The second-order valence-electron chi connectivity index (χ2n) is 7.74. The molecule has 1 aliphatic heterocycles. The third kappa shape index (κ3) is 2.59. The van der Waals surface area contributed by atoms with Crippen molar-refractivity contribution in [2.24, 2.45) is 16.7 Å². The van der Waals surface area contributed by atoms with Gasteiger partial charge in [0.25, 0.3) is 0 Å². The van der Waals surface area contributed by atoms with Gasteiger partial charge in [0.1, 0.15) is 0 Å². The van der Waals surface area contributed by atoms with Crippen molar-refractivity contribution in [3.63, 3.8) is 0 Å². The zero-order valence-electron chi connectivity index (χ0n) is 15.2. The number of piperidine rings is 1. The van der Waals surface area contributed by atoms with E-state index in [0.29, 0.717) is 12.8 Å². The number of nitrogens with zero attached hydrogens (tertiary/aromatic N) is 1. The van der Waals surface area contributed by atoms with Crippen molar-refractivity contribution in [2.75, 3.05) is 18.1 Å². The Morgan fingerprint density at radius 2 is 1.96 bits per heavy atom. The van der Waals surface area contributed by atoms with Crippen LogP contribution in [0.5, 0.6) is 0 Å². The fourth-order valence-electron chi connectivity index (χ4n) is 4.12. The van der Waals surface area contributed by atoms with E-state index in [0.717, 1.165) is 4.90 Å². The number of imide groups is 1. The Hall–Kier alpha value is -1.77. The fraction of sp³-hybridized carbons (Fsp3) is 0.556. The van der Waals surface area contributed by atoms with E-state index in [4.69, 9.17) is 5.11 Å². The summed E-state index contributed by atoms with van der Waals surface area (Å²) in [4.78, 5) is 27.3. The predicted octanol–water partition coefficient (Wildman–Crippen LogP) is 1.27. The number of aliphatic hydroxyl groups is 1. The number of hydrogen-bond donors (Lipinski definition) is 2. The van der Waals surface area contributed by atoms with Gasteiger partial charge in [-0.15, -0.1) is 0 Å². The van der Waals surface area contributed by atoms with Gasteiger partial charge in [-0.1, -0.05) is 26.8 Å². The Morgan fingerprint density at radius 3 is 2.62 bits per heavy atom. The molecule has 2 atom stereocenters. The standard InChI is InChI=1S/C18H24N2O5S/c1-17(2)14-7-8-18(17,3)16(23)20(15(14)22)12-5-4-6-13(11-12)26(24,25)19-9-10-21/h4-6,11,14,19,21H,7-10H2,1-3H3/t14-,18+/m0/s1. The lowest BCUT2D eigenvalue weighted by Gasteiger charge is -2.47. The Balaban J connectivity index is 2.02. The molecule has 0 radical (unpaired) electrons. The van der Waals surface area contributed by atoms with Crippen LogP contribution in [0.1, 0.15) is 33.6 Å². The van der Waals surface area contributed by atoms with Gasteiger partial charge in [-0.25, -0.2) is 18.0 Å². The van der Waals surface area contributed by atoms with E-state index in [1.54, 1.807) is 6.07 Å². The highest BCUT2D eigenvalue weighted by Crippen LogP contribution is 2.60. The molecule has 2 fully saturated rings. The smallest absolute Gasteiger partial charge is 0.240 e. The van der Waals surface area contributed by atoms with Gasteiger partial charge in [0, 0.05) is 12.5 Å². The number of amides is 2. The minimum atomic E-state index is -3.83. The number of benzene rings is 1. The maximum atomic E-state index is 13.2. The van der Waals surface area contributed by atoms with Crippen molar-refractivity contribution in [2.45, 2.75) is 38.5 Å². The third-order valence-corrected chi connectivity index (χ3v) is 7.67. The lowest BCUT2D eigenvalue weighted by atomic mass is 9.62. The summed E-state index contributed by atoms with van der Waals surface area (Å²) in [7, 11) is -3.83. The lowest BCUT2D eigenvalue weighted by Crippen LogP contribution is -2.59. The minimum absolute atomic E-state index is 0.0496. The van der Waals surface area contributed by atoms with Crippen molar-refractivity contribution in [1.29, 1.82) is 0 Å². The minimum Gasteiger partial charge on any atom is -0.395 e. The van der Waals surface area contributed by atoms with Crippen molar-refractivity contribution >= 4 is 27.5 Å². The molecule has 7 nitrogen and oxygen atoms in total. The lowest BCUT2D eigenvalue weighted by molar-refractivity contribution is -0.146. The molecule has 8 heteroatoms. The number of sulfonamides is 1. The molecule has 0 unspecified atom stereocenters. The average molecular weight is 380 g/mol. The van der Waals surface area contributed by atoms with Crippen LogP contribution in [0.3, 0.4) is 0 Å². The topological polar surface area (TPSA) is 104 Å². The van der Waals surface area contributed by atoms with E-state index < -0.39 is 20.9 Å². The molecule has 0 spiro atoms. The normalized spacial score (nSPS) is 27.8. The Labute approximate surface area is 153 Å². The van der Waals surface area contributed by atoms with Gasteiger partial charge in [-0.2, -0.15) is 0 Å². The fourth-order valence-corrected chi connectivity index (χ4v) is 5.18. The molecule has 2 N–H and O–H groups in total. The molecular weight excluding hydrogens is 356 g/mol. The number of aliphatic hydroxyl groups excluding tert-OH is 1. The first-order valence-corrected chi connectivity index (χ1v) is 10.1. The molecule has 2 bridgehead atoms. The summed E-state index contributed by atoms with van der Waals surface area (Å²) in [6, 6.07) is 5.80. The van der Waals surface area contributed by atoms with E-state index in [1.165, 1.54) is 18.2 Å². The van der Waals surface area contributed by atoms with E-state index in [2.05, 4.69) is 4.72 Å². The number of anilines is 1. The van der Waals surface area contributed by atoms with Gasteiger partial charge in [0.15, 0.2) is 0 Å². The largest absolute Gasteiger partial charge is 0.395 e. The van der Waals surface area contributed by atoms with Crippen LogP contribution < -0.4 is 9.62 Å². The number of carbonyl (C=O) groups excluding carboxylic acids is 2. The van der Waals surface area contributed by atoms with Crippen molar-refractivity contribution in [3.05, 3.63) is 24.3 Å². The monoisotopic (exact) mass is 380 g/mol. The number of fused-ring (bicyclic) bond motifs is 2. The van der Waals surface area contributed by atoms with Crippen molar-refractivity contribution < 1.29 is 23.1 Å². The maximum Gasteiger partial charge on any atom is 0.240 e. The van der Waals surface area contributed by atoms with Gasteiger partial charge < -0.3 is 5.11 Å². The predicted molar refractivity (Wildman–Crippen MR) is 95.8 cm³/mol. The molecule has 142 valence electrons. The summed E-state index contributed by atoms with van der Waals surface area (Å²) in [5.41, 5.74) is -0.819. The van der Waals surface area contributed by atoms with Gasteiger partial charge in [-0.05, 0) is 36.5 Å². The highest BCUT2D eigenvalue weighted by atomic mass is 32.2. The highest BCUT2D eigenvalue weighted by molar-refractivity contribution is 7.89. The molecule has 1 saturated heterocycles. The molecule has 1 heterocycles. The van der Waals surface area contributed by atoms with Gasteiger partial charge in [0.2, 0.25) is 21.8 Å². The van der Waals surface area contributed by atoms with E-state index in [1.807, 2.05) is 20.8 Å². The number of nitrogens with one attached hydrogen (secondary N) is 1. The van der Waals surface area contributed by atoms with Crippen LogP contribution in [0.2, 0.25) is 0 Å². The average Bonchev–Trinajstić information content (AvgIpc) is 2.77. The Bertz CT molecular complexity index is 864. The van der Waals surface area contributed by atoms with Crippen molar-refractivity contribution in [1.82, 2.24) is 4.72 Å². The molecule has 26 heavy (non-hydrogen) atoms. The summed E-state index contributed by atoms with van der Waals surface area (Å²) in [5.74, 6) is -0.815. The second-order valence-corrected chi connectivity index (χ2v) is 9.51. The van der Waals surface area contributed by atoms with E-state index >= 15 is 0 Å². The Morgan fingerprint density at radius 1 is 1.27 bits per heavy atom. The summed E-state index contributed by atoms with van der Waals surface area (Å²) >= 11 is 0. The van der Waals surface area contributed by atoms with Crippen LogP contribution in [-0.2, 0) is 19.6 Å². The second kappa shape index (κ2) is 6.14. The highest BCUT2D eigenvalue weighted by Gasteiger charge is 2.64. The van der Waals surface area contributed by atoms with Crippen LogP contribution in [0.25, 0.3) is 0 Å². The molecule has 0 aromatic heterocycles. The van der Waals surface area contributed by atoms with Crippen molar-refractivity contribution in [3.8, 4) is 0 Å². The summed E-state index contributed by atoms with van der Waals surface area (Å²) in [5, 5.41) is 8.82. The van der Waals surface area contributed by atoms with Gasteiger partial charge in [0.05, 0.1) is 22.6 Å². The number of carbonyl (C=O) groups is 2. The number of rotatable bonds is 5. The zero-order chi connectivity index (χ0) is 19.3. The van der Waals surface area contributed by atoms with Crippen LogP contribution >= 0.6 is 0 Å². The third-order valence-electron chi connectivity index (χ3n) is 6.21. The SMILES string of the molecule is CC1(C)[C@H]2CC[C@]1(C)C(=O)N(c1cccc(S(=O)(=O)NCCO)c1)C2=O. The zero-order valence-corrected chi connectivity index (χ0v) is 16.0. The van der Waals surface area contributed by atoms with Crippen LogP contribution in [0.4, 0.5) is 5.69 Å². The molecular formula is C18H24N2O5S. The van der Waals surface area contributed by atoms with E-state index in [9.17, 15) is 18.0 Å². The van der Waals surface area contributed by atoms with Crippen LogP contribution in [0, 0.1) is 16.7 Å². The van der Waals surface area contributed by atoms with E-state index in [-0.39, 0.29) is 41.5 Å². The quantitative estimate of drug-likeness (QED) is 0.749. The first kappa shape index (κ1) is 19.0.